The zero-order chi connectivity index (χ0) is 17.8. The number of hydrogen-bond acceptors (Lipinski definition) is 6. The lowest BCUT2D eigenvalue weighted by molar-refractivity contribution is 0.473. The topological polar surface area (TPSA) is 129 Å². The van der Waals surface area contributed by atoms with Gasteiger partial charge in [-0.05, 0) is 25.5 Å². The molecule has 0 atom stereocenters. The third kappa shape index (κ3) is 8.03. The Morgan fingerprint density at radius 1 is 1.50 bits per heavy atom. The van der Waals surface area contributed by atoms with Crippen LogP contribution in [0.3, 0.4) is 0 Å². The van der Waals surface area contributed by atoms with E-state index in [1.54, 1.807) is 22.9 Å². The second-order valence-electron chi connectivity index (χ2n) is 4.98. The first-order valence-electron chi connectivity index (χ1n) is 7.50. The number of unbranched alkanes of at least 4 members (excludes halogenated alkanes) is 1. The highest BCUT2D eigenvalue weighted by molar-refractivity contribution is 7.98. The van der Waals surface area contributed by atoms with E-state index in [0.29, 0.717) is 12.5 Å². The lowest BCUT2D eigenvalue weighted by Gasteiger charge is -2.16. The summed E-state index contributed by atoms with van der Waals surface area (Å²) in [5.74, 6) is 1.59. The van der Waals surface area contributed by atoms with Gasteiger partial charge in [-0.1, -0.05) is 0 Å². The van der Waals surface area contributed by atoms with Crippen LogP contribution >= 0.6 is 23.1 Å². The number of aliphatic imine (C=N–C) groups is 2. The SMILES string of the molecule is CSCCN=C(N)Nc1nc(CCCCN(C)C(N)=NC#N)cs1. The molecule has 0 spiro atoms. The number of aromatic nitrogens is 1. The number of guanidine groups is 2. The van der Waals surface area contributed by atoms with Crippen LogP contribution in [-0.2, 0) is 6.42 Å². The van der Waals surface area contributed by atoms with Crippen molar-refractivity contribution in [3.8, 4) is 6.19 Å². The summed E-state index contributed by atoms with van der Waals surface area (Å²) in [5.41, 5.74) is 12.5. The lowest BCUT2D eigenvalue weighted by Crippen LogP contribution is -2.34. The zero-order valence-corrected chi connectivity index (χ0v) is 15.7. The van der Waals surface area contributed by atoms with Gasteiger partial charge in [0, 0.05) is 24.7 Å². The van der Waals surface area contributed by atoms with E-state index < -0.39 is 0 Å². The van der Waals surface area contributed by atoms with Crippen LogP contribution in [0, 0.1) is 11.5 Å². The third-order valence-electron chi connectivity index (χ3n) is 3.10. The molecule has 0 aliphatic rings. The quantitative estimate of drug-likeness (QED) is 0.259. The van der Waals surface area contributed by atoms with Gasteiger partial charge in [0.2, 0.25) is 12.2 Å². The molecule has 0 bridgehead atoms. The van der Waals surface area contributed by atoms with Crippen molar-refractivity contribution >= 4 is 40.1 Å². The number of nitrogens with two attached hydrogens (primary N) is 2. The highest BCUT2D eigenvalue weighted by atomic mass is 32.2. The molecule has 132 valence electrons. The number of nitrogens with one attached hydrogen (secondary N) is 1. The number of thiazole rings is 1. The van der Waals surface area contributed by atoms with E-state index >= 15 is 0 Å². The molecule has 1 rings (SSSR count). The first-order valence-corrected chi connectivity index (χ1v) is 9.77. The van der Waals surface area contributed by atoms with Crippen molar-refractivity contribution in [3.05, 3.63) is 11.1 Å². The highest BCUT2D eigenvalue weighted by Gasteiger charge is 2.05. The second kappa shape index (κ2) is 11.5. The van der Waals surface area contributed by atoms with Crippen LogP contribution in [0.25, 0.3) is 0 Å². The Morgan fingerprint density at radius 2 is 2.29 bits per heavy atom. The fraction of sp³-hybridized carbons (Fsp3) is 0.571. The van der Waals surface area contributed by atoms with Crippen LogP contribution in [0.15, 0.2) is 15.4 Å². The van der Waals surface area contributed by atoms with E-state index in [1.807, 2.05) is 18.7 Å². The standard InChI is InChI=1S/C14H24N8S2/c1-22(13(17)19-10-15)7-4-3-5-11-9-24-14(20-11)21-12(16)18-6-8-23-2/h9H,3-8H2,1-2H3,(H2,17,19)(H3,16,18,20,21). The zero-order valence-electron chi connectivity index (χ0n) is 14.0. The number of rotatable bonds is 9. The third-order valence-corrected chi connectivity index (χ3v) is 4.49. The summed E-state index contributed by atoms with van der Waals surface area (Å²) in [5, 5.41) is 14.3. The summed E-state index contributed by atoms with van der Waals surface area (Å²) in [6.45, 7) is 1.45. The molecule has 0 radical (unpaired) electrons. The van der Waals surface area contributed by atoms with Crippen LogP contribution in [0.4, 0.5) is 5.13 Å². The van der Waals surface area contributed by atoms with Crippen molar-refractivity contribution in [2.24, 2.45) is 21.5 Å². The number of hydrogen-bond donors (Lipinski definition) is 3. The van der Waals surface area contributed by atoms with E-state index in [4.69, 9.17) is 16.7 Å². The molecule has 1 aromatic rings. The summed E-state index contributed by atoms with van der Waals surface area (Å²) >= 11 is 3.25. The molecule has 5 N–H and O–H groups in total. The first-order chi connectivity index (χ1) is 11.6. The molecule has 0 amide bonds. The van der Waals surface area contributed by atoms with Crippen molar-refractivity contribution in [1.82, 2.24) is 9.88 Å². The van der Waals surface area contributed by atoms with Crippen LogP contribution < -0.4 is 16.8 Å². The van der Waals surface area contributed by atoms with Gasteiger partial charge >= 0.3 is 0 Å². The van der Waals surface area contributed by atoms with E-state index in [0.717, 1.165) is 42.4 Å². The Labute approximate surface area is 151 Å². The fourth-order valence-electron chi connectivity index (χ4n) is 1.79. The van der Waals surface area contributed by atoms with Gasteiger partial charge in [0.15, 0.2) is 11.1 Å². The Bertz CT molecular complexity index is 590. The molecule has 0 fully saturated rings. The predicted octanol–water partition coefficient (Wildman–Crippen LogP) is 1.28. The summed E-state index contributed by atoms with van der Waals surface area (Å²) in [6.07, 6.45) is 6.52. The second-order valence-corrected chi connectivity index (χ2v) is 6.82. The maximum absolute atomic E-state index is 8.46. The van der Waals surface area contributed by atoms with Gasteiger partial charge in [-0.3, -0.25) is 4.99 Å². The number of aryl methyl sites for hydroxylation is 1. The van der Waals surface area contributed by atoms with Crippen molar-refractivity contribution in [2.45, 2.75) is 19.3 Å². The Hall–Kier alpha value is -1.99. The van der Waals surface area contributed by atoms with Gasteiger partial charge in [0.1, 0.15) is 0 Å². The fourth-order valence-corrected chi connectivity index (χ4v) is 2.82. The molecule has 0 saturated heterocycles. The minimum Gasteiger partial charge on any atom is -0.370 e. The average Bonchev–Trinajstić information content (AvgIpc) is 2.99. The molecule has 0 saturated carbocycles. The van der Waals surface area contributed by atoms with Gasteiger partial charge in [-0.15, -0.1) is 16.3 Å². The molecule has 0 aliphatic carbocycles. The molecule has 1 aromatic heterocycles. The van der Waals surface area contributed by atoms with Gasteiger partial charge in [0.05, 0.1) is 12.2 Å². The summed E-state index contributed by atoms with van der Waals surface area (Å²) in [7, 11) is 1.82. The lowest BCUT2D eigenvalue weighted by atomic mass is 10.2. The summed E-state index contributed by atoms with van der Waals surface area (Å²) in [6, 6.07) is 0. The van der Waals surface area contributed by atoms with Gasteiger partial charge in [0.25, 0.3) is 0 Å². The van der Waals surface area contributed by atoms with Gasteiger partial charge in [-0.25, -0.2) is 4.98 Å². The molecule has 0 aromatic carbocycles. The van der Waals surface area contributed by atoms with Crippen molar-refractivity contribution in [2.75, 3.05) is 37.5 Å². The molecule has 8 nitrogen and oxygen atoms in total. The molecular weight excluding hydrogens is 344 g/mol. The monoisotopic (exact) mass is 368 g/mol. The molecule has 24 heavy (non-hydrogen) atoms. The average molecular weight is 369 g/mol. The maximum Gasteiger partial charge on any atom is 0.209 e. The molecular formula is C14H24N8S2. The van der Waals surface area contributed by atoms with E-state index in [-0.39, 0.29) is 5.96 Å². The van der Waals surface area contributed by atoms with Crippen LogP contribution in [-0.4, -0.2) is 53.9 Å². The molecule has 0 aliphatic heterocycles. The van der Waals surface area contributed by atoms with Crippen LogP contribution in [0.5, 0.6) is 0 Å². The van der Waals surface area contributed by atoms with Crippen LogP contribution in [0.1, 0.15) is 18.5 Å². The van der Waals surface area contributed by atoms with E-state index in [2.05, 4.69) is 20.3 Å². The minimum atomic E-state index is 0.244. The van der Waals surface area contributed by atoms with Gasteiger partial charge in [-0.2, -0.15) is 17.0 Å². The van der Waals surface area contributed by atoms with Crippen LogP contribution in [0.2, 0.25) is 0 Å². The van der Waals surface area contributed by atoms with E-state index in [1.165, 1.54) is 11.3 Å². The number of thioether (sulfide) groups is 1. The normalized spacial score (nSPS) is 12.0. The van der Waals surface area contributed by atoms with E-state index in [9.17, 15) is 0 Å². The minimum absolute atomic E-state index is 0.244. The first kappa shape index (κ1) is 20.1. The molecule has 0 unspecified atom stereocenters. The largest absolute Gasteiger partial charge is 0.370 e. The maximum atomic E-state index is 8.46. The summed E-state index contributed by atoms with van der Waals surface area (Å²) < 4.78 is 0. The molecule has 1 heterocycles. The highest BCUT2D eigenvalue weighted by Crippen LogP contribution is 2.16. The number of anilines is 1. The summed E-state index contributed by atoms with van der Waals surface area (Å²) in [4.78, 5) is 14.0. The Balaban J connectivity index is 2.31. The predicted molar refractivity (Wildman–Crippen MR) is 103 cm³/mol. The Morgan fingerprint density at radius 3 is 3.00 bits per heavy atom. The smallest absolute Gasteiger partial charge is 0.209 e. The van der Waals surface area contributed by atoms with Gasteiger partial charge < -0.3 is 21.7 Å². The Kier molecular flexibility index (Phi) is 9.64. The van der Waals surface area contributed by atoms with Crippen molar-refractivity contribution < 1.29 is 0 Å². The van der Waals surface area contributed by atoms with Crippen molar-refractivity contribution in [3.63, 3.8) is 0 Å². The number of nitrogens with zero attached hydrogens (tertiary/aromatic N) is 5. The molecule has 10 heteroatoms. The van der Waals surface area contributed by atoms with Crippen molar-refractivity contribution in [1.29, 1.82) is 5.26 Å². The number of nitriles is 1.